The number of aromatic nitrogens is 1. The number of aryl methyl sites for hydroxylation is 1. The molecule has 1 aliphatic heterocycles. The molecule has 1 aromatic heterocycles. The summed E-state index contributed by atoms with van der Waals surface area (Å²) in [6.45, 7) is 10.9. The summed E-state index contributed by atoms with van der Waals surface area (Å²) >= 11 is 0. The third-order valence-corrected chi connectivity index (χ3v) is 3.69. The Morgan fingerprint density at radius 2 is 1.95 bits per heavy atom. The molecule has 3 heteroatoms. The third-order valence-electron chi connectivity index (χ3n) is 3.69. The minimum Gasteiger partial charge on any atom is -0.332 e. The number of carbonyl (C=O) groups excluding carboxylic acids is 1. The minimum atomic E-state index is 0.183. The maximum absolute atomic E-state index is 12.3. The van der Waals surface area contributed by atoms with Gasteiger partial charge in [0, 0.05) is 41.0 Å². The van der Waals surface area contributed by atoms with Gasteiger partial charge in [-0.15, -0.1) is 0 Å². The number of nitrogens with zero attached hydrogens (tertiary/aromatic N) is 2. The van der Waals surface area contributed by atoms with Crippen LogP contribution in [0.3, 0.4) is 0 Å². The normalized spacial score (nSPS) is 17.4. The second-order valence-electron chi connectivity index (χ2n) is 5.48. The first kappa shape index (κ1) is 14.0. The number of carbonyl (C=O) groups is 1. The minimum absolute atomic E-state index is 0.183. The summed E-state index contributed by atoms with van der Waals surface area (Å²) in [5, 5.41) is 0. The summed E-state index contributed by atoms with van der Waals surface area (Å²) in [5.74, 6) is 0.797. The van der Waals surface area contributed by atoms with Crippen LogP contribution in [0.4, 0.5) is 0 Å². The molecule has 104 valence electrons. The lowest BCUT2D eigenvalue weighted by molar-refractivity contribution is 0.0730. The summed E-state index contributed by atoms with van der Waals surface area (Å²) in [7, 11) is 0. The zero-order valence-corrected chi connectivity index (χ0v) is 12.7. The lowest BCUT2D eigenvalue weighted by Gasteiger charge is -2.19. The molecule has 3 rings (SSSR count). The molecule has 2 heterocycles. The Labute approximate surface area is 116 Å². The molecule has 0 spiro atoms. The van der Waals surface area contributed by atoms with Crippen molar-refractivity contribution < 1.29 is 4.79 Å². The van der Waals surface area contributed by atoms with Crippen molar-refractivity contribution in [1.82, 2.24) is 9.88 Å². The van der Waals surface area contributed by atoms with Gasteiger partial charge in [0.25, 0.3) is 5.91 Å². The Morgan fingerprint density at radius 1 is 1.32 bits per heavy atom. The van der Waals surface area contributed by atoms with Crippen molar-refractivity contribution in [2.75, 3.05) is 0 Å². The van der Waals surface area contributed by atoms with Crippen LogP contribution in [0.2, 0.25) is 0 Å². The van der Waals surface area contributed by atoms with E-state index in [0.29, 0.717) is 5.92 Å². The van der Waals surface area contributed by atoms with Gasteiger partial charge in [-0.3, -0.25) is 9.78 Å². The molecule has 0 N–H and O–H groups in total. The van der Waals surface area contributed by atoms with Gasteiger partial charge in [0.15, 0.2) is 0 Å². The van der Waals surface area contributed by atoms with Crippen molar-refractivity contribution in [3.05, 3.63) is 28.6 Å². The van der Waals surface area contributed by atoms with E-state index in [1.807, 2.05) is 31.7 Å². The summed E-state index contributed by atoms with van der Waals surface area (Å²) in [4.78, 5) is 18.9. The van der Waals surface area contributed by atoms with Crippen molar-refractivity contribution in [2.24, 2.45) is 0 Å². The number of pyridine rings is 1. The van der Waals surface area contributed by atoms with Crippen LogP contribution in [-0.2, 0) is 6.54 Å². The lowest BCUT2D eigenvalue weighted by Crippen LogP contribution is -2.30. The van der Waals surface area contributed by atoms with Gasteiger partial charge in [-0.25, -0.2) is 0 Å². The fourth-order valence-electron chi connectivity index (χ4n) is 2.59. The average molecular weight is 260 g/mol. The van der Waals surface area contributed by atoms with Gasteiger partial charge in [0.1, 0.15) is 0 Å². The Bertz CT molecular complexity index is 490. The highest BCUT2D eigenvalue weighted by Crippen LogP contribution is 2.43. The third kappa shape index (κ3) is 2.51. The topological polar surface area (TPSA) is 33.2 Å². The highest BCUT2D eigenvalue weighted by molar-refractivity contribution is 5.99. The summed E-state index contributed by atoms with van der Waals surface area (Å²) < 4.78 is 0. The predicted molar refractivity (Wildman–Crippen MR) is 77.3 cm³/mol. The van der Waals surface area contributed by atoms with Crippen molar-refractivity contribution in [3.63, 3.8) is 0 Å². The first-order chi connectivity index (χ1) is 9.08. The molecular formula is C16H24N2O. The Morgan fingerprint density at radius 3 is 2.47 bits per heavy atom. The number of hydrogen-bond acceptors (Lipinski definition) is 2. The Hall–Kier alpha value is -1.38. The zero-order chi connectivity index (χ0) is 14.2. The smallest absolute Gasteiger partial charge is 0.254 e. The van der Waals surface area contributed by atoms with Crippen LogP contribution < -0.4 is 0 Å². The van der Waals surface area contributed by atoms with E-state index in [9.17, 15) is 4.79 Å². The van der Waals surface area contributed by atoms with Gasteiger partial charge in [-0.05, 0) is 39.7 Å². The van der Waals surface area contributed by atoms with Crippen LogP contribution in [0.1, 0.15) is 73.8 Å². The van der Waals surface area contributed by atoms with Crippen LogP contribution >= 0.6 is 0 Å². The Balaban J connectivity index is 0.000000637. The van der Waals surface area contributed by atoms with Gasteiger partial charge in [-0.2, -0.15) is 0 Å². The van der Waals surface area contributed by atoms with Crippen LogP contribution in [0.25, 0.3) is 0 Å². The van der Waals surface area contributed by atoms with E-state index in [0.717, 1.165) is 17.8 Å². The molecule has 3 nitrogen and oxygen atoms in total. The lowest BCUT2D eigenvalue weighted by atomic mass is 10.0. The molecule has 0 atom stereocenters. The van der Waals surface area contributed by atoms with E-state index in [4.69, 9.17) is 0 Å². The maximum atomic E-state index is 12.3. The molecule has 1 saturated carbocycles. The van der Waals surface area contributed by atoms with Gasteiger partial charge >= 0.3 is 0 Å². The molecule has 1 aliphatic carbocycles. The zero-order valence-electron chi connectivity index (χ0n) is 12.7. The van der Waals surface area contributed by atoms with Crippen LogP contribution in [-0.4, -0.2) is 21.8 Å². The number of hydrogen-bond donors (Lipinski definition) is 0. The molecule has 0 radical (unpaired) electrons. The van der Waals surface area contributed by atoms with E-state index in [1.165, 1.54) is 24.1 Å². The van der Waals surface area contributed by atoms with Crippen molar-refractivity contribution in [3.8, 4) is 0 Å². The summed E-state index contributed by atoms with van der Waals surface area (Å²) in [6.07, 6.45) is 2.47. The molecule has 0 saturated heterocycles. The standard InChI is InChI=1S/C14H18N2O.C2H6/c1-8(2)16-7-12-11(14(16)17)6-9(3)15-13(12)10-4-5-10;1-2/h6,8,10H,4-5,7H2,1-3H3;1-2H3. The summed E-state index contributed by atoms with van der Waals surface area (Å²) in [6, 6.07) is 2.22. The van der Waals surface area contributed by atoms with Crippen LogP contribution in [0.5, 0.6) is 0 Å². The monoisotopic (exact) mass is 260 g/mol. The second kappa shape index (κ2) is 5.32. The average Bonchev–Trinajstić information content (AvgIpc) is 3.17. The van der Waals surface area contributed by atoms with Gasteiger partial charge in [0.2, 0.25) is 0 Å². The van der Waals surface area contributed by atoms with Crippen molar-refractivity contribution in [1.29, 1.82) is 0 Å². The Kier molecular flexibility index (Phi) is 3.93. The molecule has 0 aromatic carbocycles. The van der Waals surface area contributed by atoms with Crippen LogP contribution in [0, 0.1) is 6.92 Å². The first-order valence-electron chi connectivity index (χ1n) is 7.39. The molecule has 1 aromatic rings. The number of amides is 1. The van der Waals surface area contributed by atoms with Crippen molar-refractivity contribution in [2.45, 2.75) is 66.0 Å². The quantitative estimate of drug-likeness (QED) is 0.813. The predicted octanol–water partition coefficient (Wildman–Crippen LogP) is 3.66. The maximum Gasteiger partial charge on any atom is 0.254 e. The molecule has 0 bridgehead atoms. The fraction of sp³-hybridized carbons (Fsp3) is 0.625. The van der Waals surface area contributed by atoms with E-state index >= 15 is 0 Å². The molecule has 2 aliphatic rings. The summed E-state index contributed by atoms with van der Waals surface area (Å²) in [5.41, 5.74) is 4.26. The first-order valence-corrected chi connectivity index (χ1v) is 7.39. The van der Waals surface area contributed by atoms with E-state index in [1.54, 1.807) is 0 Å². The van der Waals surface area contributed by atoms with Crippen LogP contribution in [0.15, 0.2) is 6.07 Å². The molecule has 0 unspecified atom stereocenters. The fourth-order valence-corrected chi connectivity index (χ4v) is 2.59. The highest BCUT2D eigenvalue weighted by Gasteiger charge is 2.36. The molecule has 19 heavy (non-hydrogen) atoms. The second-order valence-corrected chi connectivity index (χ2v) is 5.48. The van der Waals surface area contributed by atoms with E-state index in [2.05, 4.69) is 18.8 Å². The van der Waals surface area contributed by atoms with E-state index < -0.39 is 0 Å². The number of fused-ring (bicyclic) bond motifs is 1. The molecular weight excluding hydrogens is 236 g/mol. The SMILES string of the molecule is CC.Cc1cc2c(c(C3CC3)n1)CN(C(C)C)C2=O. The molecule has 1 amide bonds. The van der Waals surface area contributed by atoms with Crippen molar-refractivity contribution >= 4 is 5.91 Å². The largest absolute Gasteiger partial charge is 0.332 e. The van der Waals surface area contributed by atoms with E-state index in [-0.39, 0.29) is 11.9 Å². The number of rotatable bonds is 2. The van der Waals surface area contributed by atoms with Gasteiger partial charge < -0.3 is 4.90 Å². The highest BCUT2D eigenvalue weighted by atomic mass is 16.2. The van der Waals surface area contributed by atoms with Gasteiger partial charge in [-0.1, -0.05) is 13.8 Å². The molecule has 1 fully saturated rings. The van der Waals surface area contributed by atoms with Gasteiger partial charge in [0.05, 0.1) is 0 Å².